The van der Waals surface area contributed by atoms with Gasteiger partial charge in [-0.15, -0.1) is 0 Å². The van der Waals surface area contributed by atoms with Crippen LogP contribution in [0.1, 0.15) is 26.3 Å². The Morgan fingerprint density at radius 2 is 1.75 bits per heavy atom. The third-order valence-corrected chi connectivity index (χ3v) is 2.72. The third kappa shape index (κ3) is 3.09. The van der Waals surface area contributed by atoms with Crippen molar-refractivity contribution < 1.29 is 9.66 Å². The van der Waals surface area contributed by atoms with Crippen molar-refractivity contribution in [3.8, 4) is 11.8 Å². The van der Waals surface area contributed by atoms with Crippen LogP contribution in [0.2, 0.25) is 0 Å². The molecule has 0 saturated carbocycles. The van der Waals surface area contributed by atoms with E-state index < -0.39 is 4.92 Å². The van der Waals surface area contributed by atoms with Crippen LogP contribution >= 0.6 is 0 Å². The second-order valence-corrected chi connectivity index (χ2v) is 5.33. The lowest BCUT2D eigenvalue weighted by Gasteiger charge is -2.21. The third-order valence-electron chi connectivity index (χ3n) is 2.72. The molecule has 104 valence electrons. The van der Waals surface area contributed by atoms with Gasteiger partial charge in [-0.2, -0.15) is 9.97 Å². The normalized spacial score (nSPS) is 11.2. The van der Waals surface area contributed by atoms with Crippen LogP contribution in [0.25, 0.3) is 0 Å². The first-order valence-corrected chi connectivity index (χ1v) is 6.12. The predicted molar refractivity (Wildman–Crippen MR) is 73.9 cm³/mol. The molecule has 20 heavy (non-hydrogen) atoms. The molecule has 0 aliphatic rings. The van der Waals surface area contributed by atoms with Gasteiger partial charge < -0.3 is 4.74 Å². The second kappa shape index (κ2) is 5.24. The van der Waals surface area contributed by atoms with Crippen molar-refractivity contribution >= 4 is 5.69 Å². The Hall–Kier alpha value is -2.50. The van der Waals surface area contributed by atoms with Crippen molar-refractivity contribution in [3.63, 3.8) is 0 Å². The van der Waals surface area contributed by atoms with Gasteiger partial charge in [0, 0.05) is 5.56 Å². The van der Waals surface area contributed by atoms with Crippen molar-refractivity contribution in [3.05, 3.63) is 52.3 Å². The van der Waals surface area contributed by atoms with Gasteiger partial charge in [-0.05, 0) is 11.5 Å². The van der Waals surface area contributed by atoms with E-state index in [1.54, 1.807) is 0 Å². The summed E-state index contributed by atoms with van der Waals surface area (Å²) in [6.45, 7) is 6.23. The molecule has 6 heteroatoms. The van der Waals surface area contributed by atoms with E-state index in [1.807, 2.05) is 24.3 Å². The van der Waals surface area contributed by atoms with Gasteiger partial charge in [-0.25, -0.2) is 0 Å². The lowest BCUT2D eigenvalue weighted by Crippen LogP contribution is -2.12. The monoisotopic (exact) mass is 273 g/mol. The van der Waals surface area contributed by atoms with Crippen molar-refractivity contribution in [1.82, 2.24) is 9.97 Å². The highest BCUT2D eigenvalue weighted by Crippen LogP contribution is 2.32. The first kappa shape index (κ1) is 13.9. The highest BCUT2D eigenvalue weighted by Gasteiger charge is 2.19. The van der Waals surface area contributed by atoms with Crippen LogP contribution in [0.3, 0.4) is 0 Å². The van der Waals surface area contributed by atoms with E-state index in [0.717, 1.165) is 18.0 Å². The Bertz CT molecular complexity index is 618. The topological polar surface area (TPSA) is 78.2 Å². The number of aromatic nitrogens is 2. The number of rotatable bonds is 3. The van der Waals surface area contributed by atoms with E-state index in [2.05, 4.69) is 30.7 Å². The Kier molecular flexibility index (Phi) is 3.65. The molecule has 6 nitrogen and oxygen atoms in total. The van der Waals surface area contributed by atoms with Crippen molar-refractivity contribution in [2.45, 2.75) is 26.2 Å². The molecule has 0 aliphatic heterocycles. The fourth-order valence-corrected chi connectivity index (χ4v) is 1.73. The fraction of sp³-hybridized carbons (Fsp3) is 0.286. The molecule has 1 aromatic carbocycles. The molecule has 1 heterocycles. The zero-order valence-corrected chi connectivity index (χ0v) is 11.5. The Morgan fingerprint density at radius 3 is 2.30 bits per heavy atom. The van der Waals surface area contributed by atoms with Gasteiger partial charge in [0.2, 0.25) is 0 Å². The van der Waals surface area contributed by atoms with Crippen molar-refractivity contribution in [2.75, 3.05) is 0 Å². The van der Waals surface area contributed by atoms with Crippen LogP contribution < -0.4 is 4.74 Å². The quantitative estimate of drug-likeness (QED) is 0.632. The molecule has 0 amide bonds. The molecule has 2 rings (SSSR count). The maximum absolute atomic E-state index is 10.5. The maximum Gasteiger partial charge on any atom is 0.322 e. The minimum absolute atomic E-state index is 0.0859. The Labute approximate surface area is 116 Å². The number of hydrogen-bond donors (Lipinski definition) is 0. The van der Waals surface area contributed by atoms with E-state index in [0.29, 0.717) is 5.75 Å². The fourth-order valence-electron chi connectivity index (χ4n) is 1.73. The average Bonchev–Trinajstić information content (AvgIpc) is 2.38. The highest BCUT2D eigenvalue weighted by molar-refractivity contribution is 5.39. The summed E-state index contributed by atoms with van der Waals surface area (Å²) < 4.78 is 5.63. The molecular formula is C14H15N3O3. The predicted octanol–water partition coefficient (Wildman–Crippen LogP) is 3.47. The number of ether oxygens (including phenoxy) is 1. The van der Waals surface area contributed by atoms with E-state index in [1.165, 1.54) is 0 Å². The number of nitro groups is 1. The number of para-hydroxylation sites is 1. The van der Waals surface area contributed by atoms with Crippen LogP contribution in [-0.2, 0) is 5.41 Å². The van der Waals surface area contributed by atoms with E-state index in [-0.39, 0.29) is 17.1 Å². The largest absolute Gasteiger partial charge is 0.424 e. The van der Waals surface area contributed by atoms with Crippen LogP contribution in [0.4, 0.5) is 5.69 Å². The zero-order chi connectivity index (χ0) is 14.8. The summed E-state index contributed by atoms with van der Waals surface area (Å²) in [5.41, 5.74) is 0.764. The number of hydrogen-bond acceptors (Lipinski definition) is 5. The molecular weight excluding hydrogens is 258 g/mol. The van der Waals surface area contributed by atoms with E-state index in [4.69, 9.17) is 4.74 Å². The van der Waals surface area contributed by atoms with E-state index in [9.17, 15) is 10.1 Å². The SMILES string of the molecule is CC(C)(C)c1ccccc1Oc1ncc([N+](=O)[O-])cn1. The molecule has 0 spiro atoms. The summed E-state index contributed by atoms with van der Waals surface area (Å²) in [5.74, 6) is 0.647. The molecule has 0 aliphatic carbocycles. The van der Waals surface area contributed by atoms with Gasteiger partial charge in [-0.3, -0.25) is 10.1 Å². The van der Waals surface area contributed by atoms with Crippen molar-refractivity contribution in [1.29, 1.82) is 0 Å². The lowest BCUT2D eigenvalue weighted by atomic mass is 9.86. The van der Waals surface area contributed by atoms with Gasteiger partial charge in [0.1, 0.15) is 18.1 Å². The smallest absolute Gasteiger partial charge is 0.322 e. The zero-order valence-electron chi connectivity index (χ0n) is 11.5. The van der Waals surface area contributed by atoms with Crippen LogP contribution in [0, 0.1) is 10.1 Å². The lowest BCUT2D eigenvalue weighted by molar-refractivity contribution is -0.385. The molecule has 0 saturated heterocycles. The number of benzene rings is 1. The minimum atomic E-state index is -0.549. The molecule has 2 aromatic rings. The molecule has 0 bridgehead atoms. The molecule has 0 unspecified atom stereocenters. The summed E-state index contributed by atoms with van der Waals surface area (Å²) in [6, 6.07) is 7.68. The summed E-state index contributed by atoms with van der Waals surface area (Å²) in [5, 5.41) is 10.5. The van der Waals surface area contributed by atoms with E-state index >= 15 is 0 Å². The van der Waals surface area contributed by atoms with Crippen LogP contribution in [0.15, 0.2) is 36.7 Å². The highest BCUT2D eigenvalue weighted by atomic mass is 16.6. The standard InChI is InChI=1S/C14H15N3O3/c1-14(2,3)11-6-4-5-7-12(11)20-13-15-8-10(9-16-13)17(18)19/h4-9H,1-3H3. The van der Waals surface area contributed by atoms with Gasteiger partial charge in [0.15, 0.2) is 0 Å². The molecule has 1 aromatic heterocycles. The van der Waals surface area contributed by atoms with Crippen LogP contribution in [-0.4, -0.2) is 14.9 Å². The van der Waals surface area contributed by atoms with Gasteiger partial charge in [0.05, 0.1) is 4.92 Å². The summed E-state index contributed by atoms with van der Waals surface area (Å²) >= 11 is 0. The Morgan fingerprint density at radius 1 is 1.15 bits per heavy atom. The van der Waals surface area contributed by atoms with Gasteiger partial charge in [-0.1, -0.05) is 39.0 Å². The minimum Gasteiger partial charge on any atom is -0.424 e. The van der Waals surface area contributed by atoms with Gasteiger partial charge in [0.25, 0.3) is 0 Å². The average molecular weight is 273 g/mol. The second-order valence-electron chi connectivity index (χ2n) is 5.33. The first-order chi connectivity index (χ1) is 9.38. The maximum atomic E-state index is 10.5. The summed E-state index contributed by atoms with van der Waals surface area (Å²) in [7, 11) is 0. The molecule has 0 radical (unpaired) electrons. The molecule has 0 fully saturated rings. The molecule has 0 N–H and O–H groups in total. The summed E-state index contributed by atoms with van der Waals surface area (Å²) in [6.07, 6.45) is 2.25. The number of nitrogens with zero attached hydrogens (tertiary/aromatic N) is 3. The van der Waals surface area contributed by atoms with Crippen LogP contribution in [0.5, 0.6) is 11.8 Å². The Balaban J connectivity index is 2.28. The molecule has 0 atom stereocenters. The summed E-state index contributed by atoms with van der Waals surface area (Å²) in [4.78, 5) is 17.7. The van der Waals surface area contributed by atoms with Gasteiger partial charge >= 0.3 is 11.7 Å². The van der Waals surface area contributed by atoms with Crippen molar-refractivity contribution in [2.24, 2.45) is 0 Å². The first-order valence-electron chi connectivity index (χ1n) is 6.12.